The van der Waals surface area contributed by atoms with Crippen molar-refractivity contribution in [3.05, 3.63) is 88.5 Å². The third-order valence-corrected chi connectivity index (χ3v) is 5.65. The molecule has 1 amide bonds. The Morgan fingerprint density at radius 3 is 2.44 bits per heavy atom. The average molecular weight is 431 g/mol. The van der Waals surface area contributed by atoms with Crippen molar-refractivity contribution >= 4 is 28.8 Å². The molecule has 4 rings (SSSR count). The van der Waals surface area contributed by atoms with Crippen molar-refractivity contribution < 1.29 is 19.8 Å². The minimum atomic E-state index is -0.748. The molecule has 0 spiro atoms. The van der Waals surface area contributed by atoms with Crippen molar-refractivity contribution in [3.8, 4) is 0 Å². The predicted molar refractivity (Wildman–Crippen MR) is 123 cm³/mol. The number of amides is 1. The first-order valence-corrected chi connectivity index (χ1v) is 10.4. The molecule has 3 aromatic rings. The van der Waals surface area contributed by atoms with Gasteiger partial charge in [0.2, 0.25) is 0 Å². The molecule has 6 N–H and O–H groups in total. The number of nitrogen functional groups attached to an aromatic ring is 1. The number of para-hydroxylation sites is 2. The van der Waals surface area contributed by atoms with Gasteiger partial charge in [-0.1, -0.05) is 18.2 Å². The zero-order valence-electron chi connectivity index (χ0n) is 17.5. The van der Waals surface area contributed by atoms with E-state index in [0.717, 1.165) is 22.5 Å². The Morgan fingerprint density at radius 1 is 0.938 bits per heavy atom. The number of fused-ring (bicyclic) bond motifs is 2. The molecular formula is C25H25N3O4. The Bertz CT molecular complexity index is 1170. The summed E-state index contributed by atoms with van der Waals surface area (Å²) >= 11 is 0. The molecule has 0 saturated carbocycles. The number of carbonyl (C=O) groups is 2. The van der Waals surface area contributed by atoms with Crippen LogP contribution in [-0.2, 0) is 12.8 Å². The van der Waals surface area contributed by atoms with Crippen LogP contribution in [0.1, 0.15) is 37.4 Å². The minimum absolute atomic E-state index is 0.131. The molecule has 164 valence electrons. The summed E-state index contributed by atoms with van der Waals surface area (Å²) < 4.78 is 0. The molecule has 0 aliphatic heterocycles. The van der Waals surface area contributed by atoms with Crippen molar-refractivity contribution in [2.45, 2.75) is 18.9 Å². The van der Waals surface area contributed by atoms with Crippen LogP contribution in [0.3, 0.4) is 0 Å². The number of aryl methyl sites for hydroxylation is 2. The molecule has 0 fully saturated rings. The fourth-order valence-corrected chi connectivity index (χ4v) is 3.85. The number of aliphatic hydroxyl groups is 2. The summed E-state index contributed by atoms with van der Waals surface area (Å²) in [5.74, 6) is -0.577. The predicted octanol–water partition coefficient (Wildman–Crippen LogP) is 2.42. The molecule has 1 aliphatic rings. The minimum Gasteiger partial charge on any atom is -0.397 e. The van der Waals surface area contributed by atoms with Crippen LogP contribution in [-0.4, -0.2) is 41.2 Å². The fraction of sp³-hybridized carbons (Fsp3) is 0.200. The van der Waals surface area contributed by atoms with Crippen LogP contribution in [0, 0.1) is 0 Å². The normalized spacial score (nSPS) is 12.7. The lowest BCUT2D eigenvalue weighted by Gasteiger charge is -2.14. The van der Waals surface area contributed by atoms with Gasteiger partial charge >= 0.3 is 0 Å². The Morgan fingerprint density at radius 2 is 1.69 bits per heavy atom. The number of hydrogen-bond donors (Lipinski definition) is 5. The first-order chi connectivity index (χ1) is 15.5. The number of nitrogens with one attached hydrogen (secondary N) is 2. The van der Waals surface area contributed by atoms with E-state index in [4.69, 9.17) is 5.73 Å². The monoisotopic (exact) mass is 431 g/mol. The molecule has 7 nitrogen and oxygen atoms in total. The van der Waals surface area contributed by atoms with Crippen LogP contribution in [0.2, 0.25) is 0 Å². The molecule has 0 unspecified atom stereocenters. The van der Waals surface area contributed by atoms with Crippen LogP contribution in [0.5, 0.6) is 0 Å². The van der Waals surface area contributed by atoms with Gasteiger partial charge in [-0.05, 0) is 66.4 Å². The SMILES string of the molecule is Nc1ccccc1Nc1ccc2c(c1)CCc1ccc(C(=O)NC(CO)CO)cc1C2=O. The number of rotatable bonds is 6. The van der Waals surface area contributed by atoms with Crippen molar-refractivity contribution in [1.82, 2.24) is 5.32 Å². The second-order valence-corrected chi connectivity index (χ2v) is 7.82. The lowest BCUT2D eigenvalue weighted by molar-refractivity contribution is 0.0879. The quantitative estimate of drug-likeness (QED) is 0.382. The van der Waals surface area contributed by atoms with Crippen molar-refractivity contribution in [2.24, 2.45) is 0 Å². The second-order valence-electron chi connectivity index (χ2n) is 7.82. The lowest BCUT2D eigenvalue weighted by atomic mass is 9.96. The van der Waals surface area contributed by atoms with E-state index in [2.05, 4.69) is 10.6 Å². The number of hydrogen-bond acceptors (Lipinski definition) is 6. The van der Waals surface area contributed by atoms with Crippen molar-refractivity contribution in [2.75, 3.05) is 24.3 Å². The summed E-state index contributed by atoms with van der Waals surface area (Å²) in [6.07, 6.45) is 1.36. The van der Waals surface area contributed by atoms with Gasteiger partial charge in [0.25, 0.3) is 5.91 Å². The highest BCUT2D eigenvalue weighted by molar-refractivity contribution is 6.12. The molecule has 7 heteroatoms. The van der Waals surface area contributed by atoms with E-state index in [1.54, 1.807) is 24.3 Å². The molecule has 0 saturated heterocycles. The smallest absolute Gasteiger partial charge is 0.251 e. The van der Waals surface area contributed by atoms with Gasteiger partial charge in [0.05, 0.1) is 30.6 Å². The van der Waals surface area contributed by atoms with Gasteiger partial charge in [0, 0.05) is 22.4 Å². The molecule has 1 aliphatic carbocycles. The number of benzene rings is 3. The van der Waals surface area contributed by atoms with Crippen molar-refractivity contribution in [1.29, 1.82) is 0 Å². The number of ketones is 1. The van der Waals surface area contributed by atoms with Crippen LogP contribution >= 0.6 is 0 Å². The van der Waals surface area contributed by atoms with E-state index in [1.807, 2.05) is 36.4 Å². The lowest BCUT2D eigenvalue weighted by Crippen LogP contribution is -2.40. The highest BCUT2D eigenvalue weighted by Gasteiger charge is 2.23. The van der Waals surface area contributed by atoms with Crippen molar-refractivity contribution in [3.63, 3.8) is 0 Å². The van der Waals surface area contributed by atoms with Gasteiger partial charge < -0.3 is 26.6 Å². The third-order valence-electron chi connectivity index (χ3n) is 5.65. The maximum absolute atomic E-state index is 13.3. The zero-order valence-corrected chi connectivity index (χ0v) is 17.5. The largest absolute Gasteiger partial charge is 0.397 e. The molecule has 32 heavy (non-hydrogen) atoms. The zero-order chi connectivity index (χ0) is 22.7. The summed E-state index contributed by atoms with van der Waals surface area (Å²) in [5, 5.41) is 24.2. The first kappa shape index (κ1) is 21.5. The molecule has 0 aromatic heterocycles. The molecular weight excluding hydrogens is 406 g/mol. The number of anilines is 3. The highest BCUT2D eigenvalue weighted by atomic mass is 16.3. The molecule has 3 aromatic carbocycles. The third kappa shape index (κ3) is 4.34. The van der Waals surface area contributed by atoms with Gasteiger partial charge in [0.15, 0.2) is 5.78 Å². The van der Waals surface area contributed by atoms with Gasteiger partial charge in [-0.25, -0.2) is 0 Å². The fourth-order valence-electron chi connectivity index (χ4n) is 3.85. The summed E-state index contributed by atoms with van der Waals surface area (Å²) in [6.45, 7) is -0.741. The van der Waals surface area contributed by atoms with Crippen LogP contribution in [0.15, 0.2) is 60.7 Å². The number of carbonyl (C=O) groups excluding carboxylic acids is 2. The van der Waals surface area contributed by atoms with E-state index < -0.39 is 11.9 Å². The van der Waals surface area contributed by atoms with Gasteiger partial charge in [0.1, 0.15) is 0 Å². The molecule has 0 radical (unpaired) electrons. The van der Waals surface area contributed by atoms with E-state index >= 15 is 0 Å². The second kappa shape index (κ2) is 9.21. The van der Waals surface area contributed by atoms with E-state index in [0.29, 0.717) is 35.2 Å². The summed E-state index contributed by atoms with van der Waals surface area (Å²) in [4.78, 5) is 25.8. The van der Waals surface area contributed by atoms with Gasteiger partial charge in [-0.3, -0.25) is 9.59 Å². The molecule has 0 bridgehead atoms. The maximum Gasteiger partial charge on any atom is 0.251 e. The number of aliphatic hydroxyl groups excluding tert-OH is 2. The van der Waals surface area contributed by atoms with Crippen LogP contribution in [0.4, 0.5) is 17.1 Å². The Labute approximate surface area is 185 Å². The molecule has 0 heterocycles. The number of nitrogens with two attached hydrogens (primary N) is 1. The molecule has 0 atom stereocenters. The summed E-state index contributed by atoms with van der Waals surface area (Å²) in [6, 6.07) is 17.4. The van der Waals surface area contributed by atoms with E-state index in [-0.39, 0.29) is 19.0 Å². The highest BCUT2D eigenvalue weighted by Crippen LogP contribution is 2.29. The summed E-state index contributed by atoms with van der Waals surface area (Å²) in [5.41, 5.74) is 11.5. The van der Waals surface area contributed by atoms with Crippen LogP contribution < -0.4 is 16.4 Å². The Hall–Kier alpha value is -3.68. The topological polar surface area (TPSA) is 125 Å². The van der Waals surface area contributed by atoms with E-state index in [9.17, 15) is 19.8 Å². The summed E-state index contributed by atoms with van der Waals surface area (Å²) in [7, 11) is 0. The Balaban J connectivity index is 1.61. The van der Waals surface area contributed by atoms with Gasteiger partial charge in [-0.2, -0.15) is 0 Å². The maximum atomic E-state index is 13.3. The van der Waals surface area contributed by atoms with E-state index in [1.165, 1.54) is 0 Å². The van der Waals surface area contributed by atoms with Crippen LogP contribution in [0.25, 0.3) is 0 Å². The first-order valence-electron chi connectivity index (χ1n) is 10.4. The van der Waals surface area contributed by atoms with Gasteiger partial charge in [-0.15, -0.1) is 0 Å². The Kier molecular flexibility index (Phi) is 6.20. The standard InChI is InChI=1S/C25H25N3O4/c26-22-3-1-2-4-23(22)27-18-9-10-20-16(11-18)7-5-15-6-8-17(12-21(15)24(20)31)25(32)28-19(13-29)14-30/h1-4,6,8-12,19,27,29-30H,5,7,13-14,26H2,(H,28,32). The average Bonchev–Trinajstić information content (AvgIpc) is 2.95.